The van der Waals surface area contributed by atoms with Crippen LogP contribution >= 0.6 is 11.8 Å². The number of anilines is 1. The van der Waals surface area contributed by atoms with Crippen LogP contribution in [-0.4, -0.2) is 31.5 Å². The van der Waals surface area contributed by atoms with Crippen molar-refractivity contribution < 1.29 is 19.1 Å². The predicted octanol–water partition coefficient (Wildman–Crippen LogP) is 3.54. The lowest BCUT2D eigenvalue weighted by molar-refractivity contribution is -0.153. The molecule has 0 radical (unpaired) electrons. The molecule has 6 nitrogen and oxygen atoms in total. The van der Waals surface area contributed by atoms with E-state index >= 15 is 0 Å². The third-order valence-electron chi connectivity index (χ3n) is 4.08. The molecule has 0 saturated heterocycles. The molecule has 28 heavy (non-hydrogen) atoms. The van der Waals surface area contributed by atoms with E-state index in [9.17, 15) is 14.9 Å². The summed E-state index contributed by atoms with van der Waals surface area (Å²) in [4.78, 5) is 27.4. The van der Waals surface area contributed by atoms with Gasteiger partial charge in [0.05, 0.1) is 5.69 Å². The summed E-state index contributed by atoms with van der Waals surface area (Å²) >= 11 is 1.34. The Labute approximate surface area is 167 Å². The first-order chi connectivity index (χ1) is 13.5. The molecule has 0 saturated carbocycles. The van der Waals surface area contributed by atoms with Gasteiger partial charge in [-0.15, -0.1) is 0 Å². The molecule has 0 N–H and O–H groups in total. The molecule has 0 aromatic heterocycles. The van der Waals surface area contributed by atoms with E-state index in [1.54, 1.807) is 43.1 Å². The molecule has 1 aliphatic rings. The van der Waals surface area contributed by atoms with Crippen molar-refractivity contribution in [3.63, 3.8) is 0 Å². The Hall–Kier alpha value is -3.24. The van der Waals surface area contributed by atoms with Crippen molar-refractivity contribution in [2.45, 2.75) is 17.9 Å². The fraction of sp³-hybridized carbons (Fsp3) is 0.190. The van der Waals surface area contributed by atoms with Crippen LogP contribution < -0.4 is 9.64 Å². The first-order valence-corrected chi connectivity index (χ1v) is 9.39. The average Bonchev–Trinajstić information content (AvgIpc) is 3.04. The van der Waals surface area contributed by atoms with Crippen LogP contribution in [0.5, 0.6) is 5.75 Å². The second-order valence-electron chi connectivity index (χ2n) is 6.02. The van der Waals surface area contributed by atoms with Gasteiger partial charge in [-0.3, -0.25) is 4.79 Å². The Kier molecular flexibility index (Phi) is 6.02. The lowest BCUT2D eigenvalue weighted by atomic mass is 10.2. The molecule has 0 fully saturated rings. The standard InChI is InChI=1S/C21H18N2O4S/c1-14(27-15-8-4-3-5-9-15)21(25)26-13-18(24)16(12-22)20-23(2)17-10-6-7-11-19(17)28-20/h3-11,14H,13H2,1-2H3/b20-16-. The Bertz CT molecular complexity index is 966. The number of carbonyl (C=O) groups excluding carboxylic acids is 2. The molecular weight excluding hydrogens is 376 g/mol. The number of nitriles is 1. The Morgan fingerprint density at radius 1 is 1.14 bits per heavy atom. The van der Waals surface area contributed by atoms with Gasteiger partial charge in [0.1, 0.15) is 22.4 Å². The minimum absolute atomic E-state index is 0.0341. The number of fused-ring (bicyclic) bond motifs is 1. The minimum atomic E-state index is -0.874. The third kappa shape index (κ3) is 4.18. The minimum Gasteiger partial charge on any atom is -0.479 e. The normalized spacial score (nSPS) is 15.2. The Balaban J connectivity index is 1.64. The van der Waals surface area contributed by atoms with E-state index < -0.39 is 24.5 Å². The van der Waals surface area contributed by atoms with E-state index in [1.165, 1.54) is 11.8 Å². The van der Waals surface area contributed by atoms with E-state index in [0.717, 1.165) is 10.6 Å². The van der Waals surface area contributed by atoms with Crippen LogP contribution in [0.4, 0.5) is 5.69 Å². The molecule has 142 valence electrons. The highest BCUT2D eigenvalue weighted by molar-refractivity contribution is 8.03. The molecule has 1 aliphatic heterocycles. The van der Waals surface area contributed by atoms with E-state index in [-0.39, 0.29) is 5.57 Å². The van der Waals surface area contributed by atoms with Gasteiger partial charge in [-0.1, -0.05) is 42.1 Å². The van der Waals surface area contributed by atoms with Gasteiger partial charge in [0, 0.05) is 11.9 Å². The number of hydrogen-bond donors (Lipinski definition) is 0. The first kappa shape index (κ1) is 19.5. The molecule has 1 atom stereocenters. The molecule has 7 heteroatoms. The number of ether oxygens (including phenoxy) is 2. The molecule has 1 unspecified atom stereocenters. The van der Waals surface area contributed by atoms with Crippen molar-refractivity contribution in [2.75, 3.05) is 18.6 Å². The second kappa shape index (κ2) is 8.63. The molecule has 0 aliphatic carbocycles. The number of Topliss-reactive ketones (excluding diaryl/α,β-unsaturated/α-hetero) is 1. The molecular formula is C21H18N2O4S. The number of thioether (sulfide) groups is 1. The van der Waals surface area contributed by atoms with Crippen LogP contribution in [0.25, 0.3) is 0 Å². The predicted molar refractivity (Wildman–Crippen MR) is 106 cm³/mol. The molecule has 0 bridgehead atoms. The Morgan fingerprint density at radius 3 is 2.50 bits per heavy atom. The lowest BCUT2D eigenvalue weighted by Crippen LogP contribution is -2.28. The number of benzene rings is 2. The summed E-state index contributed by atoms with van der Waals surface area (Å²) < 4.78 is 10.5. The summed E-state index contributed by atoms with van der Waals surface area (Å²) in [5.41, 5.74) is 0.887. The van der Waals surface area contributed by atoms with Crippen molar-refractivity contribution in [3.8, 4) is 11.8 Å². The quantitative estimate of drug-likeness (QED) is 0.421. The van der Waals surface area contributed by atoms with Gasteiger partial charge in [-0.2, -0.15) is 5.26 Å². The van der Waals surface area contributed by atoms with Crippen molar-refractivity contribution in [1.82, 2.24) is 0 Å². The fourth-order valence-electron chi connectivity index (χ4n) is 2.63. The monoisotopic (exact) mass is 394 g/mol. The van der Waals surface area contributed by atoms with Crippen LogP contribution in [0.1, 0.15) is 6.92 Å². The zero-order chi connectivity index (χ0) is 20.1. The highest BCUT2D eigenvalue weighted by Gasteiger charge is 2.28. The van der Waals surface area contributed by atoms with Crippen LogP contribution in [0.3, 0.4) is 0 Å². The fourth-order valence-corrected chi connectivity index (χ4v) is 3.79. The van der Waals surface area contributed by atoms with Crippen LogP contribution in [0, 0.1) is 11.3 Å². The summed E-state index contributed by atoms with van der Waals surface area (Å²) in [7, 11) is 1.79. The summed E-state index contributed by atoms with van der Waals surface area (Å²) in [6, 6.07) is 18.4. The lowest BCUT2D eigenvalue weighted by Gasteiger charge is -2.15. The molecule has 2 aromatic carbocycles. The zero-order valence-corrected chi connectivity index (χ0v) is 16.2. The Morgan fingerprint density at radius 2 is 1.82 bits per heavy atom. The highest BCUT2D eigenvalue weighted by Crippen LogP contribution is 2.46. The molecule has 0 amide bonds. The smallest absolute Gasteiger partial charge is 0.347 e. The van der Waals surface area contributed by atoms with Crippen molar-refractivity contribution in [2.24, 2.45) is 0 Å². The van der Waals surface area contributed by atoms with Crippen LogP contribution in [0.15, 0.2) is 70.1 Å². The van der Waals surface area contributed by atoms with Crippen molar-refractivity contribution >= 4 is 29.2 Å². The topological polar surface area (TPSA) is 79.6 Å². The van der Waals surface area contributed by atoms with Gasteiger partial charge in [0.25, 0.3) is 0 Å². The van der Waals surface area contributed by atoms with Gasteiger partial charge < -0.3 is 14.4 Å². The van der Waals surface area contributed by atoms with E-state index in [4.69, 9.17) is 9.47 Å². The summed E-state index contributed by atoms with van der Waals surface area (Å²) in [6.45, 7) is 1.03. The van der Waals surface area contributed by atoms with Gasteiger partial charge in [0.2, 0.25) is 5.78 Å². The highest BCUT2D eigenvalue weighted by atomic mass is 32.2. The maximum Gasteiger partial charge on any atom is 0.347 e. The van der Waals surface area contributed by atoms with E-state index in [1.807, 2.05) is 36.4 Å². The van der Waals surface area contributed by atoms with E-state index in [0.29, 0.717) is 10.8 Å². The van der Waals surface area contributed by atoms with Crippen LogP contribution in [0.2, 0.25) is 0 Å². The molecule has 3 rings (SSSR count). The van der Waals surface area contributed by atoms with Crippen molar-refractivity contribution in [3.05, 3.63) is 65.2 Å². The van der Waals surface area contributed by atoms with Gasteiger partial charge in [-0.25, -0.2) is 4.79 Å². The number of hydrogen-bond acceptors (Lipinski definition) is 7. The number of esters is 1. The molecule has 1 heterocycles. The van der Waals surface area contributed by atoms with Crippen LogP contribution in [-0.2, 0) is 14.3 Å². The maximum absolute atomic E-state index is 12.5. The number of carbonyl (C=O) groups is 2. The van der Waals surface area contributed by atoms with Gasteiger partial charge >= 0.3 is 5.97 Å². The molecule has 0 spiro atoms. The SMILES string of the molecule is CC(Oc1ccccc1)C(=O)OCC(=O)/C(C#N)=C1\Sc2ccccc2N1C. The van der Waals surface area contributed by atoms with E-state index in [2.05, 4.69) is 0 Å². The number of rotatable bonds is 6. The summed E-state index contributed by atoms with van der Waals surface area (Å²) in [5, 5.41) is 10.0. The van der Waals surface area contributed by atoms with Crippen molar-refractivity contribution in [1.29, 1.82) is 5.26 Å². The molecule has 2 aromatic rings. The largest absolute Gasteiger partial charge is 0.479 e. The first-order valence-electron chi connectivity index (χ1n) is 8.57. The summed E-state index contributed by atoms with van der Waals surface area (Å²) in [5.74, 6) is -0.694. The number of nitrogens with zero attached hydrogens (tertiary/aromatic N) is 2. The average molecular weight is 394 g/mol. The van der Waals surface area contributed by atoms with Gasteiger partial charge in [-0.05, 0) is 31.2 Å². The van der Waals surface area contributed by atoms with Gasteiger partial charge in [0.15, 0.2) is 12.7 Å². The maximum atomic E-state index is 12.5. The zero-order valence-electron chi connectivity index (χ0n) is 15.4. The second-order valence-corrected chi connectivity index (χ2v) is 7.06. The number of ketones is 1. The number of para-hydroxylation sites is 2. The summed E-state index contributed by atoms with van der Waals surface area (Å²) in [6.07, 6.45) is -0.874. The third-order valence-corrected chi connectivity index (χ3v) is 5.31.